The Morgan fingerprint density at radius 1 is 0.640 bits per heavy atom. The summed E-state index contributed by atoms with van der Waals surface area (Å²) in [5.74, 6) is 0.501. The van der Waals surface area contributed by atoms with Gasteiger partial charge in [0.15, 0.2) is 5.60 Å². The van der Waals surface area contributed by atoms with Gasteiger partial charge in [-0.25, -0.2) is 31.9 Å². The number of nitrogens with one attached hydrogen (secondary N) is 6. The average molecular weight is 1180 g/mol. The average Bonchev–Trinajstić information content (AvgIpc) is 1.90. The minimum atomic E-state index is -1.60. The van der Waals surface area contributed by atoms with E-state index in [2.05, 4.69) is 54.0 Å². The minimum Gasteiger partial charge on any atom is -0.487 e. The molecule has 4 aliphatic rings. The number of hydrogen-bond acceptors (Lipinski definition) is 8. The van der Waals surface area contributed by atoms with E-state index < -0.39 is 42.4 Å². The number of benzene rings is 6. The van der Waals surface area contributed by atoms with Gasteiger partial charge in [-0.1, -0.05) is 80.2 Å². The van der Waals surface area contributed by atoms with Crippen LogP contribution >= 0.6 is 0 Å². The van der Waals surface area contributed by atoms with Crippen LogP contribution < -0.4 is 41.4 Å². The number of alkyl halides is 2. The van der Waals surface area contributed by atoms with Crippen LogP contribution in [0.4, 0.5) is 49.0 Å². The Kier molecular flexibility index (Phi) is 19.1. The van der Waals surface area contributed by atoms with Gasteiger partial charge in [-0.2, -0.15) is 0 Å². The summed E-state index contributed by atoms with van der Waals surface area (Å²) in [6.45, 7) is 7.47. The number of ether oxygens (including phenoxy) is 2. The van der Waals surface area contributed by atoms with Gasteiger partial charge in [0.2, 0.25) is 0 Å². The Balaban J connectivity index is 0.000000153. The van der Waals surface area contributed by atoms with Crippen LogP contribution in [-0.2, 0) is 12.8 Å². The predicted molar refractivity (Wildman–Crippen MR) is 330 cm³/mol. The Labute approximate surface area is 498 Å². The van der Waals surface area contributed by atoms with Gasteiger partial charge in [0, 0.05) is 93.5 Å². The maximum absolute atomic E-state index is 14.3. The smallest absolute Gasteiger partial charge is 0.319 e. The molecule has 8 aromatic rings. The van der Waals surface area contributed by atoms with Crippen LogP contribution in [0.25, 0.3) is 21.5 Å². The number of aromatic nitrogens is 2. The minimum absolute atomic E-state index is 0. The van der Waals surface area contributed by atoms with E-state index >= 15 is 0 Å². The second-order valence-electron chi connectivity index (χ2n) is 23.2. The molecule has 1 fully saturated rings. The first-order chi connectivity index (χ1) is 40.8. The zero-order chi connectivity index (χ0) is 60.0. The maximum atomic E-state index is 14.3. The molecule has 0 spiro atoms. The molecule has 2 aliphatic heterocycles. The highest BCUT2D eigenvalue weighted by Crippen LogP contribution is 2.43. The number of urea groups is 3. The number of aliphatic hydroxyl groups is 1. The van der Waals surface area contributed by atoms with Crippen molar-refractivity contribution in [3.05, 3.63) is 196 Å². The normalized spacial score (nSPS) is 19.3. The van der Waals surface area contributed by atoms with E-state index in [4.69, 9.17) is 9.47 Å². The van der Waals surface area contributed by atoms with Crippen molar-refractivity contribution < 1.29 is 46.5 Å². The molecule has 86 heavy (non-hydrogen) atoms. The summed E-state index contributed by atoms with van der Waals surface area (Å²) in [4.78, 5) is 46.5. The summed E-state index contributed by atoms with van der Waals surface area (Å²) in [5.41, 5.74) is 6.89. The largest absolute Gasteiger partial charge is 0.487 e. The van der Waals surface area contributed by atoms with Crippen molar-refractivity contribution in [3.63, 3.8) is 0 Å². The first kappa shape index (κ1) is 61.8. The van der Waals surface area contributed by atoms with Crippen LogP contribution in [0.3, 0.4) is 0 Å². The van der Waals surface area contributed by atoms with E-state index in [-0.39, 0.29) is 55.6 Å². The molecule has 2 aromatic heterocycles. The Morgan fingerprint density at radius 2 is 1.27 bits per heavy atom. The topological polar surface area (TPSA) is 188 Å². The van der Waals surface area contributed by atoms with Crippen LogP contribution in [0, 0.1) is 32.4 Å². The number of amides is 6. The van der Waals surface area contributed by atoms with Gasteiger partial charge in [0.1, 0.15) is 42.1 Å². The van der Waals surface area contributed by atoms with Crippen LogP contribution in [0.2, 0.25) is 0 Å². The van der Waals surface area contributed by atoms with Gasteiger partial charge in [-0.15, -0.1) is 0 Å². The second-order valence-corrected chi connectivity index (χ2v) is 23.2. The number of pyridine rings is 2. The number of nitrogens with zero attached hydrogens (tertiary/aromatic N) is 2. The third-order valence-corrected chi connectivity index (χ3v) is 16.1. The quantitative estimate of drug-likeness (QED) is 0.0696. The fraction of sp³-hybridized carbons (Fsp3) is 0.338. The number of anilines is 3. The van der Waals surface area contributed by atoms with Gasteiger partial charge in [-0.3, -0.25) is 9.97 Å². The standard InChI is InChI=1S/C23H23F2N3O2.C22H22FN3O.C22H25FN2O3.CH4/c1-14-6-7-17-20(10-23(12-24,13-25)30-21(17)8-14)28-22(29)27-19-5-3-4-16-11-26-15(2)9-18(16)19;1-14-11-19-17(13-24-14)8-10-20(23)21(19)26-22(27)25-18-9-7-16(12-18)15-5-3-2-4-6-15;1-22(2)12-19(16-9-7-14(23)10-20(16)28-22)25-21(27)24-18-5-3-4-13-6-8-15(26)11-17(13)18;/h3-9,11,20H,10,12-13H2,1-2H3,(H2,27,28,29);2-6,8,10-11,13,16,18H,7,9,12H2,1H3,(H2,25,26,27);3-5,7,9-10,15,19,26H,6,8,11-12H2,1-2H3,(H2,24,25,27);1H4/t20-;16-,18+;15-,19-;/m101./s1. The van der Waals surface area contributed by atoms with Crippen LogP contribution in [0.15, 0.2) is 140 Å². The monoisotopic (exact) mass is 1170 g/mol. The number of fused-ring (bicyclic) bond motifs is 5. The van der Waals surface area contributed by atoms with Crippen molar-refractivity contribution in [2.45, 2.75) is 135 Å². The van der Waals surface area contributed by atoms with Gasteiger partial charge < -0.3 is 46.5 Å². The van der Waals surface area contributed by atoms with Crippen molar-refractivity contribution in [1.29, 1.82) is 0 Å². The number of carbonyl (C=O) groups is 3. The lowest BCUT2D eigenvalue weighted by atomic mass is 9.88. The molecule has 0 bridgehead atoms. The maximum Gasteiger partial charge on any atom is 0.319 e. The Morgan fingerprint density at radius 3 is 1.99 bits per heavy atom. The van der Waals surface area contributed by atoms with E-state index in [1.54, 1.807) is 42.7 Å². The first-order valence-corrected chi connectivity index (χ1v) is 28.7. The highest BCUT2D eigenvalue weighted by atomic mass is 19.1. The summed E-state index contributed by atoms with van der Waals surface area (Å²) < 4.78 is 66.9. The molecule has 12 rings (SSSR count). The van der Waals surface area contributed by atoms with E-state index in [1.807, 2.05) is 101 Å². The second kappa shape index (κ2) is 26.7. The van der Waals surface area contributed by atoms with Crippen LogP contribution in [-0.4, -0.2) is 69.9 Å². The summed E-state index contributed by atoms with van der Waals surface area (Å²) in [6.07, 6.45) is 8.60. The molecule has 0 saturated heterocycles. The lowest BCUT2D eigenvalue weighted by Crippen LogP contribution is -2.49. The third kappa shape index (κ3) is 14.6. The SMILES string of the molecule is C.CC1(C)C[C@@H](NC(=O)Nc2cccc3c2C[C@H](O)CC3)c2ccc(F)cc2O1.Cc1cc2c(NC(=O)N[C@@H]3CC[C@H](c4ccccc4)C3)c(F)ccc2cn1.Cc1ccc2c(c1)OC(CF)(CF)C[C@H]2NC(=O)Nc1cccc2cnc(C)cc12. The predicted octanol–water partition coefficient (Wildman–Crippen LogP) is 15.1. The zero-order valence-electron chi connectivity index (χ0n) is 48.1. The molecule has 6 amide bonds. The molecule has 0 radical (unpaired) electrons. The number of hydrogen-bond donors (Lipinski definition) is 7. The van der Waals surface area contributed by atoms with E-state index in [0.29, 0.717) is 46.9 Å². The molecule has 14 nitrogen and oxygen atoms in total. The third-order valence-electron chi connectivity index (χ3n) is 16.1. The summed E-state index contributed by atoms with van der Waals surface area (Å²) in [5, 5.41) is 30.6. The molecule has 0 unspecified atom stereocenters. The summed E-state index contributed by atoms with van der Waals surface area (Å²) in [6, 6.07) is 36.3. The molecule has 5 atom stereocenters. The van der Waals surface area contributed by atoms with Crippen molar-refractivity contribution in [2.24, 2.45) is 0 Å². The number of aryl methyl sites for hydroxylation is 4. The number of halogens is 4. The van der Waals surface area contributed by atoms with Crippen molar-refractivity contribution in [1.82, 2.24) is 25.9 Å². The van der Waals surface area contributed by atoms with Gasteiger partial charge in [0.05, 0.1) is 29.6 Å². The molecular weight excluding hydrogens is 1100 g/mol. The fourth-order valence-corrected chi connectivity index (χ4v) is 11.9. The molecule has 6 aromatic carbocycles. The Hall–Kier alpha value is -8.77. The Bertz CT molecular complexity index is 3750. The molecule has 7 N–H and O–H groups in total. The number of carbonyl (C=O) groups excluding carboxylic acids is 3. The van der Waals surface area contributed by atoms with E-state index in [9.17, 15) is 37.1 Å². The van der Waals surface area contributed by atoms with Gasteiger partial charge in [0.25, 0.3) is 0 Å². The first-order valence-electron chi connectivity index (χ1n) is 28.7. The highest BCUT2D eigenvalue weighted by molar-refractivity contribution is 6.03. The van der Waals surface area contributed by atoms with Crippen molar-refractivity contribution in [2.75, 3.05) is 29.3 Å². The molecule has 1 saturated carbocycles. The van der Waals surface area contributed by atoms with Crippen LogP contribution in [0.1, 0.15) is 123 Å². The molecule has 2 aliphatic carbocycles. The molecule has 18 heteroatoms. The number of aliphatic hydroxyl groups excluding tert-OH is 1. The summed E-state index contributed by atoms with van der Waals surface area (Å²) >= 11 is 0. The highest BCUT2D eigenvalue weighted by Gasteiger charge is 2.43. The van der Waals surface area contributed by atoms with E-state index in [1.165, 1.54) is 23.8 Å². The lowest BCUT2D eigenvalue weighted by molar-refractivity contribution is -0.0105. The van der Waals surface area contributed by atoms with Crippen LogP contribution in [0.5, 0.6) is 11.5 Å². The molecule has 450 valence electrons. The van der Waals surface area contributed by atoms with E-state index in [0.717, 1.165) is 87.6 Å². The van der Waals surface area contributed by atoms with Crippen molar-refractivity contribution in [3.8, 4) is 11.5 Å². The zero-order valence-corrected chi connectivity index (χ0v) is 48.1. The lowest BCUT2D eigenvalue weighted by Gasteiger charge is -2.39. The fourth-order valence-electron chi connectivity index (χ4n) is 11.9. The summed E-state index contributed by atoms with van der Waals surface area (Å²) in [7, 11) is 0. The molecular formula is C68H74F4N8O6. The van der Waals surface area contributed by atoms with Gasteiger partial charge >= 0.3 is 18.1 Å². The van der Waals surface area contributed by atoms with Gasteiger partial charge in [-0.05, 0) is 143 Å². The molecule has 4 heterocycles. The number of rotatable bonds is 9. The van der Waals surface area contributed by atoms with Crippen molar-refractivity contribution >= 4 is 56.7 Å².